The zero-order valence-corrected chi connectivity index (χ0v) is 15.2. The Morgan fingerprint density at radius 3 is 2.77 bits per heavy atom. The fourth-order valence-electron chi connectivity index (χ4n) is 3.02. The van der Waals surface area contributed by atoms with Crippen molar-refractivity contribution in [2.24, 2.45) is 0 Å². The van der Waals surface area contributed by atoms with Gasteiger partial charge in [-0.3, -0.25) is 9.59 Å². The van der Waals surface area contributed by atoms with Crippen LogP contribution >= 0.6 is 0 Å². The Bertz CT molecular complexity index is 803. The average Bonchev–Trinajstić information content (AvgIpc) is 3.07. The van der Waals surface area contributed by atoms with Crippen LogP contribution in [0.5, 0.6) is 5.75 Å². The number of rotatable bonds is 6. The predicted molar refractivity (Wildman–Crippen MR) is 102 cm³/mol. The number of amides is 2. The van der Waals surface area contributed by atoms with Gasteiger partial charge in [-0.15, -0.1) is 0 Å². The van der Waals surface area contributed by atoms with Gasteiger partial charge < -0.3 is 15.0 Å². The number of ether oxygens (including phenoxy) is 1. The molecule has 26 heavy (non-hydrogen) atoms. The van der Waals surface area contributed by atoms with Gasteiger partial charge in [0.25, 0.3) is 5.91 Å². The number of para-hydroxylation sites is 1. The molecule has 1 fully saturated rings. The van der Waals surface area contributed by atoms with Crippen LogP contribution in [0.15, 0.2) is 48.5 Å². The molecule has 3 rings (SSSR count). The second kappa shape index (κ2) is 8.04. The number of hydrogen-bond donors (Lipinski definition) is 1. The molecule has 136 valence electrons. The molecule has 0 saturated carbocycles. The van der Waals surface area contributed by atoms with Crippen molar-refractivity contribution in [3.05, 3.63) is 59.7 Å². The Hall–Kier alpha value is -2.82. The fourth-order valence-corrected chi connectivity index (χ4v) is 3.02. The van der Waals surface area contributed by atoms with Crippen LogP contribution < -0.4 is 15.0 Å². The van der Waals surface area contributed by atoms with E-state index in [1.54, 1.807) is 17.0 Å². The molecule has 1 atom stereocenters. The molecular weight excluding hydrogens is 328 g/mol. The van der Waals surface area contributed by atoms with Crippen molar-refractivity contribution >= 4 is 17.5 Å². The summed E-state index contributed by atoms with van der Waals surface area (Å²) in [4.78, 5) is 26.1. The molecule has 1 aliphatic rings. The highest BCUT2D eigenvalue weighted by molar-refractivity contribution is 5.99. The molecule has 0 aromatic heterocycles. The van der Waals surface area contributed by atoms with Crippen molar-refractivity contribution in [2.45, 2.75) is 32.7 Å². The summed E-state index contributed by atoms with van der Waals surface area (Å²) in [6.45, 7) is 5.00. The number of aryl methyl sites for hydroxylation is 1. The highest BCUT2D eigenvalue weighted by Crippen LogP contribution is 2.22. The van der Waals surface area contributed by atoms with Gasteiger partial charge in [-0.25, -0.2) is 0 Å². The summed E-state index contributed by atoms with van der Waals surface area (Å²) < 4.78 is 5.79. The largest absolute Gasteiger partial charge is 0.491 e. The number of benzene rings is 2. The van der Waals surface area contributed by atoms with Crippen molar-refractivity contribution in [3.8, 4) is 5.75 Å². The minimum atomic E-state index is -0.167. The van der Waals surface area contributed by atoms with Crippen molar-refractivity contribution in [2.75, 3.05) is 18.1 Å². The second-order valence-corrected chi connectivity index (χ2v) is 6.65. The SMILES string of the molecule is Cc1ccccc1OC[C@@H](C)NC(=O)c1cccc(N2CCCC2=O)c1. The topological polar surface area (TPSA) is 58.6 Å². The van der Waals surface area contributed by atoms with Gasteiger partial charge >= 0.3 is 0 Å². The predicted octanol–water partition coefficient (Wildman–Crippen LogP) is 3.32. The molecule has 1 saturated heterocycles. The van der Waals surface area contributed by atoms with E-state index >= 15 is 0 Å². The summed E-state index contributed by atoms with van der Waals surface area (Å²) in [7, 11) is 0. The lowest BCUT2D eigenvalue weighted by Gasteiger charge is -2.18. The van der Waals surface area contributed by atoms with Crippen molar-refractivity contribution < 1.29 is 14.3 Å². The van der Waals surface area contributed by atoms with Gasteiger partial charge in [-0.2, -0.15) is 0 Å². The molecule has 2 aromatic rings. The highest BCUT2D eigenvalue weighted by atomic mass is 16.5. The quantitative estimate of drug-likeness (QED) is 0.868. The monoisotopic (exact) mass is 352 g/mol. The molecule has 0 spiro atoms. The molecule has 0 bridgehead atoms. The summed E-state index contributed by atoms with van der Waals surface area (Å²) in [5.74, 6) is 0.769. The molecule has 0 radical (unpaired) electrons. The van der Waals surface area contributed by atoms with E-state index in [9.17, 15) is 9.59 Å². The Kier molecular flexibility index (Phi) is 5.56. The van der Waals surface area contributed by atoms with Crippen molar-refractivity contribution in [1.29, 1.82) is 0 Å². The normalized spacial score (nSPS) is 15.0. The van der Waals surface area contributed by atoms with Crippen LogP contribution in [-0.4, -0.2) is 31.0 Å². The Labute approximate surface area is 154 Å². The highest BCUT2D eigenvalue weighted by Gasteiger charge is 2.22. The van der Waals surface area contributed by atoms with Crippen LogP contribution in [0.3, 0.4) is 0 Å². The van der Waals surface area contributed by atoms with E-state index in [1.165, 1.54) is 0 Å². The summed E-state index contributed by atoms with van der Waals surface area (Å²) in [5, 5.41) is 2.95. The lowest BCUT2D eigenvalue weighted by molar-refractivity contribution is -0.117. The lowest BCUT2D eigenvalue weighted by atomic mass is 10.1. The molecule has 1 heterocycles. The fraction of sp³-hybridized carbons (Fsp3) is 0.333. The molecular formula is C21H24N2O3. The zero-order valence-electron chi connectivity index (χ0n) is 15.2. The van der Waals surface area contributed by atoms with Crippen LogP contribution in [-0.2, 0) is 4.79 Å². The Morgan fingerprint density at radius 2 is 2.04 bits per heavy atom. The van der Waals surface area contributed by atoms with E-state index in [2.05, 4.69) is 5.32 Å². The molecule has 1 N–H and O–H groups in total. The van der Waals surface area contributed by atoms with Crippen molar-refractivity contribution in [1.82, 2.24) is 5.32 Å². The Morgan fingerprint density at radius 1 is 1.23 bits per heavy atom. The van der Waals surface area contributed by atoms with Gasteiger partial charge in [0.05, 0.1) is 6.04 Å². The standard InChI is InChI=1S/C21H24N2O3/c1-15-7-3-4-10-19(15)26-14-16(2)22-21(25)17-8-5-9-18(13-17)23-12-6-11-20(23)24/h3-5,7-10,13,16H,6,11-12,14H2,1-2H3,(H,22,25)/t16-/m1/s1. The number of nitrogens with one attached hydrogen (secondary N) is 1. The van der Waals surface area contributed by atoms with Crippen LogP contribution in [0.4, 0.5) is 5.69 Å². The first-order valence-corrected chi connectivity index (χ1v) is 8.94. The second-order valence-electron chi connectivity index (χ2n) is 6.65. The van der Waals surface area contributed by atoms with E-state index < -0.39 is 0 Å². The van der Waals surface area contributed by atoms with Gasteiger partial charge in [0.2, 0.25) is 5.91 Å². The minimum absolute atomic E-state index is 0.113. The maximum atomic E-state index is 12.5. The van der Waals surface area contributed by atoms with E-state index in [-0.39, 0.29) is 17.9 Å². The third-order valence-electron chi connectivity index (χ3n) is 4.45. The number of hydrogen-bond acceptors (Lipinski definition) is 3. The van der Waals surface area contributed by atoms with Crippen molar-refractivity contribution in [3.63, 3.8) is 0 Å². The molecule has 2 aromatic carbocycles. The smallest absolute Gasteiger partial charge is 0.251 e. The first kappa shape index (κ1) is 18.0. The zero-order chi connectivity index (χ0) is 18.5. The Balaban J connectivity index is 1.59. The number of carbonyl (C=O) groups excluding carboxylic acids is 2. The van der Waals surface area contributed by atoms with E-state index in [1.807, 2.05) is 50.2 Å². The summed E-state index contributed by atoms with van der Waals surface area (Å²) >= 11 is 0. The molecule has 2 amide bonds. The third-order valence-corrected chi connectivity index (χ3v) is 4.45. The average molecular weight is 352 g/mol. The summed E-state index contributed by atoms with van der Waals surface area (Å²) in [5.41, 5.74) is 2.39. The number of anilines is 1. The van der Waals surface area contributed by atoms with Gasteiger partial charge in [0.15, 0.2) is 0 Å². The number of nitrogens with zero attached hydrogens (tertiary/aromatic N) is 1. The van der Waals surface area contributed by atoms with Crippen LogP contribution in [0.1, 0.15) is 35.7 Å². The van der Waals surface area contributed by atoms with E-state index in [0.29, 0.717) is 25.1 Å². The lowest BCUT2D eigenvalue weighted by Crippen LogP contribution is -2.37. The first-order valence-electron chi connectivity index (χ1n) is 8.94. The summed E-state index contributed by atoms with van der Waals surface area (Å²) in [6.07, 6.45) is 1.44. The molecule has 0 unspecified atom stereocenters. The van der Waals surface area contributed by atoms with Gasteiger partial charge in [-0.1, -0.05) is 24.3 Å². The maximum absolute atomic E-state index is 12.5. The van der Waals surface area contributed by atoms with Crippen LogP contribution in [0.25, 0.3) is 0 Å². The maximum Gasteiger partial charge on any atom is 0.251 e. The summed E-state index contributed by atoms with van der Waals surface area (Å²) in [6, 6.07) is 14.9. The first-order chi connectivity index (χ1) is 12.5. The van der Waals surface area contributed by atoms with Gasteiger partial charge in [0, 0.05) is 24.2 Å². The molecule has 5 heteroatoms. The van der Waals surface area contributed by atoms with Crippen LogP contribution in [0, 0.1) is 6.92 Å². The molecule has 0 aliphatic carbocycles. The van der Waals surface area contributed by atoms with Gasteiger partial charge in [-0.05, 0) is 50.1 Å². The van der Waals surface area contributed by atoms with E-state index in [4.69, 9.17) is 4.74 Å². The minimum Gasteiger partial charge on any atom is -0.491 e. The molecule has 5 nitrogen and oxygen atoms in total. The van der Waals surface area contributed by atoms with E-state index in [0.717, 1.165) is 23.4 Å². The van der Waals surface area contributed by atoms with Crippen LogP contribution in [0.2, 0.25) is 0 Å². The third kappa shape index (κ3) is 4.23. The molecule has 1 aliphatic heterocycles. The number of carbonyl (C=O) groups is 2. The van der Waals surface area contributed by atoms with Gasteiger partial charge in [0.1, 0.15) is 12.4 Å².